The Morgan fingerprint density at radius 1 is 1.37 bits per heavy atom. The summed E-state index contributed by atoms with van der Waals surface area (Å²) in [6.07, 6.45) is 5.01. The number of rotatable bonds is 4. The van der Waals surface area contributed by atoms with Gasteiger partial charge in [-0.3, -0.25) is 14.5 Å². The average Bonchev–Trinajstić information content (AvgIpc) is 3.02. The van der Waals surface area contributed by atoms with Crippen LogP contribution >= 0.6 is 0 Å². The molecule has 5 heteroatoms. The summed E-state index contributed by atoms with van der Waals surface area (Å²) in [5.74, 6) is -0.285. The van der Waals surface area contributed by atoms with Gasteiger partial charge in [-0.25, -0.2) is 0 Å². The first-order valence-electron chi connectivity index (χ1n) is 7.24. The van der Waals surface area contributed by atoms with E-state index in [1.807, 2.05) is 11.9 Å². The highest BCUT2D eigenvalue weighted by molar-refractivity contribution is 5.80. The van der Waals surface area contributed by atoms with E-state index in [4.69, 9.17) is 0 Å². The molecule has 2 saturated carbocycles. The molecule has 0 radical (unpaired) electrons. The molecule has 2 aliphatic carbocycles. The second kappa shape index (κ2) is 4.47. The van der Waals surface area contributed by atoms with Crippen molar-refractivity contribution in [3.63, 3.8) is 0 Å². The summed E-state index contributed by atoms with van der Waals surface area (Å²) in [5.41, 5.74) is -0.571. The largest absolute Gasteiger partial charge is 0.481 e. The summed E-state index contributed by atoms with van der Waals surface area (Å²) >= 11 is 0. The first-order chi connectivity index (χ1) is 9.03. The highest BCUT2D eigenvalue weighted by Gasteiger charge is 2.55. The van der Waals surface area contributed by atoms with Crippen molar-refractivity contribution in [3.8, 4) is 0 Å². The first-order valence-corrected chi connectivity index (χ1v) is 7.24. The van der Waals surface area contributed by atoms with Gasteiger partial charge in [0.2, 0.25) is 5.91 Å². The third-order valence-corrected chi connectivity index (χ3v) is 5.21. The molecular weight excluding hydrogens is 244 g/mol. The van der Waals surface area contributed by atoms with Crippen LogP contribution in [0, 0.1) is 11.3 Å². The molecule has 106 valence electrons. The SMILES string of the molecule is CN(C(=O)CN1C[C@@H]2CCC[C@@]2(C(=O)O)C1)C1CC1. The van der Waals surface area contributed by atoms with Crippen molar-refractivity contribution in [1.82, 2.24) is 9.80 Å². The zero-order chi connectivity index (χ0) is 13.6. The molecule has 19 heavy (non-hydrogen) atoms. The van der Waals surface area contributed by atoms with Crippen molar-refractivity contribution in [1.29, 1.82) is 0 Å². The Kier molecular flexibility index (Phi) is 3.04. The van der Waals surface area contributed by atoms with E-state index in [1.54, 1.807) is 0 Å². The van der Waals surface area contributed by atoms with Crippen LogP contribution in [0.25, 0.3) is 0 Å². The first kappa shape index (κ1) is 12.9. The van der Waals surface area contributed by atoms with Crippen molar-refractivity contribution < 1.29 is 14.7 Å². The van der Waals surface area contributed by atoms with Gasteiger partial charge in [0.15, 0.2) is 0 Å². The van der Waals surface area contributed by atoms with Gasteiger partial charge >= 0.3 is 5.97 Å². The molecule has 1 saturated heterocycles. The Morgan fingerprint density at radius 3 is 2.68 bits per heavy atom. The zero-order valence-corrected chi connectivity index (χ0v) is 11.5. The second-order valence-corrected chi connectivity index (χ2v) is 6.46. The molecule has 3 aliphatic rings. The van der Waals surface area contributed by atoms with Crippen LogP contribution in [0.3, 0.4) is 0 Å². The van der Waals surface area contributed by atoms with Crippen molar-refractivity contribution in [2.45, 2.75) is 38.1 Å². The number of carbonyl (C=O) groups excluding carboxylic acids is 1. The number of hydrogen-bond donors (Lipinski definition) is 1. The van der Waals surface area contributed by atoms with Gasteiger partial charge in [-0.1, -0.05) is 6.42 Å². The Bertz CT molecular complexity index is 407. The van der Waals surface area contributed by atoms with Gasteiger partial charge in [0.25, 0.3) is 0 Å². The van der Waals surface area contributed by atoms with Crippen molar-refractivity contribution in [2.24, 2.45) is 11.3 Å². The molecule has 1 amide bonds. The van der Waals surface area contributed by atoms with Crippen LogP contribution in [-0.4, -0.2) is 59.5 Å². The Labute approximate surface area is 113 Å². The molecule has 1 aliphatic heterocycles. The number of likely N-dealkylation sites (N-methyl/N-ethyl adjacent to an activating group) is 1. The molecule has 0 spiro atoms. The lowest BCUT2D eigenvalue weighted by Gasteiger charge is -2.24. The number of hydrogen-bond acceptors (Lipinski definition) is 3. The maximum Gasteiger partial charge on any atom is 0.311 e. The van der Waals surface area contributed by atoms with Crippen LogP contribution in [0.4, 0.5) is 0 Å². The highest BCUT2D eigenvalue weighted by atomic mass is 16.4. The van der Waals surface area contributed by atoms with E-state index in [0.29, 0.717) is 19.1 Å². The summed E-state index contributed by atoms with van der Waals surface area (Å²) in [4.78, 5) is 27.6. The minimum atomic E-state index is -0.666. The molecule has 1 heterocycles. The third-order valence-electron chi connectivity index (χ3n) is 5.21. The summed E-state index contributed by atoms with van der Waals surface area (Å²) < 4.78 is 0. The number of fused-ring (bicyclic) bond motifs is 1. The minimum Gasteiger partial charge on any atom is -0.481 e. The number of aliphatic carboxylic acids is 1. The van der Waals surface area contributed by atoms with E-state index >= 15 is 0 Å². The molecule has 0 aromatic heterocycles. The molecule has 2 atom stereocenters. The fraction of sp³-hybridized carbons (Fsp3) is 0.857. The lowest BCUT2D eigenvalue weighted by atomic mass is 9.81. The monoisotopic (exact) mass is 266 g/mol. The van der Waals surface area contributed by atoms with Crippen LogP contribution in [0.15, 0.2) is 0 Å². The van der Waals surface area contributed by atoms with Crippen LogP contribution in [0.5, 0.6) is 0 Å². The fourth-order valence-corrected chi connectivity index (χ4v) is 3.83. The van der Waals surface area contributed by atoms with Gasteiger partial charge in [0.05, 0.1) is 12.0 Å². The Morgan fingerprint density at radius 2 is 2.11 bits per heavy atom. The number of carboxylic acids is 1. The Hall–Kier alpha value is -1.10. The van der Waals surface area contributed by atoms with E-state index in [0.717, 1.165) is 38.6 Å². The second-order valence-electron chi connectivity index (χ2n) is 6.46. The number of amides is 1. The molecular formula is C14H22N2O3. The van der Waals surface area contributed by atoms with E-state index in [9.17, 15) is 14.7 Å². The number of carboxylic acid groups (broad SMARTS) is 1. The standard InChI is InChI=1S/C14H22N2O3/c1-15(11-4-5-11)12(17)8-16-7-10-3-2-6-14(10,9-16)13(18)19/h10-11H,2-9H2,1H3,(H,18,19)/t10-,14+/m0/s1. The average molecular weight is 266 g/mol. The molecule has 5 nitrogen and oxygen atoms in total. The zero-order valence-electron chi connectivity index (χ0n) is 11.5. The van der Waals surface area contributed by atoms with Crippen molar-refractivity contribution in [2.75, 3.05) is 26.7 Å². The van der Waals surface area contributed by atoms with Crippen LogP contribution in [-0.2, 0) is 9.59 Å². The molecule has 0 aromatic carbocycles. The van der Waals surface area contributed by atoms with Gasteiger partial charge in [-0.05, 0) is 31.6 Å². The summed E-state index contributed by atoms with van der Waals surface area (Å²) in [6.45, 7) is 1.71. The molecule has 0 unspecified atom stereocenters. The maximum absolute atomic E-state index is 12.1. The summed E-state index contributed by atoms with van der Waals surface area (Å²) in [5, 5.41) is 9.51. The van der Waals surface area contributed by atoms with E-state index in [1.165, 1.54) is 0 Å². The van der Waals surface area contributed by atoms with Crippen LogP contribution in [0.2, 0.25) is 0 Å². The fourth-order valence-electron chi connectivity index (χ4n) is 3.83. The lowest BCUT2D eigenvalue weighted by Crippen LogP contribution is -2.40. The normalized spacial score (nSPS) is 34.3. The predicted molar refractivity (Wildman–Crippen MR) is 69.6 cm³/mol. The molecule has 3 rings (SSSR count). The molecule has 3 fully saturated rings. The van der Waals surface area contributed by atoms with Gasteiger partial charge in [0.1, 0.15) is 0 Å². The Balaban J connectivity index is 1.62. The van der Waals surface area contributed by atoms with E-state index in [2.05, 4.69) is 4.90 Å². The quantitative estimate of drug-likeness (QED) is 0.817. The third kappa shape index (κ3) is 2.14. The van der Waals surface area contributed by atoms with E-state index in [-0.39, 0.29) is 11.8 Å². The van der Waals surface area contributed by atoms with Crippen LogP contribution < -0.4 is 0 Å². The lowest BCUT2D eigenvalue weighted by molar-refractivity contribution is -0.149. The molecule has 0 aromatic rings. The van der Waals surface area contributed by atoms with Crippen molar-refractivity contribution >= 4 is 11.9 Å². The van der Waals surface area contributed by atoms with Gasteiger partial charge in [-0.15, -0.1) is 0 Å². The maximum atomic E-state index is 12.1. The minimum absolute atomic E-state index is 0.142. The highest BCUT2D eigenvalue weighted by Crippen LogP contribution is 2.48. The van der Waals surface area contributed by atoms with Gasteiger partial charge in [-0.2, -0.15) is 0 Å². The smallest absolute Gasteiger partial charge is 0.311 e. The number of nitrogens with zero attached hydrogens (tertiary/aromatic N) is 2. The van der Waals surface area contributed by atoms with Crippen molar-refractivity contribution in [3.05, 3.63) is 0 Å². The topological polar surface area (TPSA) is 60.9 Å². The van der Waals surface area contributed by atoms with Crippen LogP contribution in [0.1, 0.15) is 32.1 Å². The number of carbonyl (C=O) groups is 2. The predicted octanol–water partition coefficient (Wildman–Crippen LogP) is 0.794. The van der Waals surface area contributed by atoms with Gasteiger partial charge in [0, 0.05) is 26.2 Å². The number of likely N-dealkylation sites (tertiary alicyclic amines) is 1. The molecule has 0 bridgehead atoms. The molecule has 1 N–H and O–H groups in total. The summed E-state index contributed by atoms with van der Waals surface area (Å²) in [6, 6.07) is 0.433. The summed E-state index contributed by atoms with van der Waals surface area (Å²) in [7, 11) is 1.86. The van der Waals surface area contributed by atoms with E-state index < -0.39 is 11.4 Å². The van der Waals surface area contributed by atoms with Gasteiger partial charge < -0.3 is 10.0 Å².